The first-order valence-corrected chi connectivity index (χ1v) is 15.1. The van der Waals surface area contributed by atoms with E-state index in [4.69, 9.17) is 21.1 Å². The van der Waals surface area contributed by atoms with E-state index in [-0.39, 0.29) is 29.4 Å². The molecule has 250 valence electrons. The Morgan fingerprint density at radius 1 is 0.978 bits per heavy atom. The lowest BCUT2D eigenvalue weighted by Crippen LogP contribution is -2.52. The number of amides is 2. The predicted octanol–water partition coefficient (Wildman–Crippen LogP) is 8.02. The number of benzene rings is 2. The number of rotatable bonds is 12. The molecule has 0 saturated heterocycles. The van der Waals surface area contributed by atoms with Gasteiger partial charge in [0.15, 0.2) is 0 Å². The van der Waals surface area contributed by atoms with Gasteiger partial charge < -0.3 is 25.2 Å². The fourth-order valence-electron chi connectivity index (χ4n) is 4.60. The van der Waals surface area contributed by atoms with E-state index in [1.54, 1.807) is 26.8 Å². The molecule has 1 heterocycles. The monoisotopic (exact) mass is 667 g/mol. The molecule has 3 rings (SSSR count). The van der Waals surface area contributed by atoms with E-state index in [0.717, 1.165) is 17.7 Å². The first-order valence-electron chi connectivity index (χ1n) is 14.7. The zero-order chi connectivity index (χ0) is 34.1. The van der Waals surface area contributed by atoms with Crippen molar-refractivity contribution in [3.05, 3.63) is 88.3 Å². The molecule has 0 spiro atoms. The molecule has 0 aliphatic rings. The average molecular weight is 668 g/mol. The Morgan fingerprint density at radius 3 is 2.28 bits per heavy atom. The number of nitrogens with zero attached hydrogens (tertiary/aromatic N) is 1. The van der Waals surface area contributed by atoms with Crippen molar-refractivity contribution in [3.63, 3.8) is 0 Å². The van der Waals surface area contributed by atoms with Crippen LogP contribution in [-0.4, -0.2) is 47.1 Å². The highest BCUT2D eigenvalue weighted by Crippen LogP contribution is 2.40. The summed E-state index contributed by atoms with van der Waals surface area (Å²) < 4.78 is 68.0. The molecule has 0 aliphatic heterocycles. The van der Waals surface area contributed by atoms with Gasteiger partial charge in [0.2, 0.25) is 5.60 Å². The van der Waals surface area contributed by atoms with Crippen LogP contribution in [0, 0.1) is 5.82 Å². The number of carbonyl (C=O) groups excluding carboxylic acids is 2. The molecule has 13 heteroatoms. The Kier molecular flexibility index (Phi) is 12.4. The van der Waals surface area contributed by atoms with E-state index >= 15 is 0 Å². The van der Waals surface area contributed by atoms with Gasteiger partial charge in [0, 0.05) is 12.1 Å². The largest absolute Gasteiger partial charge is 0.445 e. The van der Waals surface area contributed by atoms with Gasteiger partial charge in [-0.2, -0.15) is 13.2 Å². The zero-order valence-electron chi connectivity index (χ0n) is 26.0. The minimum Gasteiger partial charge on any atom is -0.445 e. The van der Waals surface area contributed by atoms with Crippen LogP contribution in [0.2, 0.25) is 5.02 Å². The molecular weight excluding hydrogens is 630 g/mol. The zero-order valence-corrected chi connectivity index (χ0v) is 26.8. The number of aromatic nitrogens is 1. The van der Waals surface area contributed by atoms with Crippen molar-refractivity contribution in [1.82, 2.24) is 15.6 Å². The van der Waals surface area contributed by atoms with Crippen molar-refractivity contribution in [2.75, 3.05) is 13.1 Å². The third kappa shape index (κ3) is 10.3. The van der Waals surface area contributed by atoms with Crippen LogP contribution in [0.5, 0.6) is 0 Å². The van der Waals surface area contributed by atoms with Crippen molar-refractivity contribution in [3.8, 4) is 11.3 Å². The number of ether oxygens (including phenoxy) is 2. The molecule has 0 aliphatic carbocycles. The second-order valence-electron chi connectivity index (χ2n) is 11.8. The Balaban J connectivity index is 1.95. The molecule has 46 heavy (non-hydrogen) atoms. The summed E-state index contributed by atoms with van der Waals surface area (Å²) in [6, 6.07) is 15.3. The smallest absolute Gasteiger partial charge is 0.424 e. The van der Waals surface area contributed by atoms with Crippen molar-refractivity contribution < 1.29 is 41.7 Å². The maximum absolute atomic E-state index is 14.6. The van der Waals surface area contributed by atoms with E-state index in [1.807, 2.05) is 42.6 Å². The Labute approximate surface area is 270 Å². The molecule has 0 saturated carbocycles. The van der Waals surface area contributed by atoms with Gasteiger partial charge in [-0.15, -0.1) is 0 Å². The van der Waals surface area contributed by atoms with Gasteiger partial charge in [0.1, 0.15) is 18.0 Å². The summed E-state index contributed by atoms with van der Waals surface area (Å²) in [5, 5.41) is 15.6. The van der Waals surface area contributed by atoms with Crippen LogP contribution in [-0.2, 0) is 21.7 Å². The fourth-order valence-corrected chi connectivity index (χ4v) is 4.78. The number of carbonyl (C=O) groups is 2. The normalized spacial score (nSPS) is 13.8. The second kappa shape index (κ2) is 15.6. The highest BCUT2D eigenvalue weighted by atomic mass is 35.5. The summed E-state index contributed by atoms with van der Waals surface area (Å²) in [4.78, 5) is 28.7. The number of nitrogens with one attached hydrogen (secondary N) is 2. The lowest BCUT2D eigenvalue weighted by atomic mass is 9.87. The number of alkyl halides is 3. The third-order valence-corrected chi connectivity index (χ3v) is 7.22. The SMILES string of the molecule is CCCC(CCNC(=O)OCc1ccccc1)c1cc(-c2ccc(F)c(Cl)c2)nc(C(O)(CNC(=O)OC(C)(C)C)C(F)(F)F)c1. The highest BCUT2D eigenvalue weighted by molar-refractivity contribution is 6.31. The van der Waals surface area contributed by atoms with Crippen LogP contribution < -0.4 is 10.6 Å². The van der Waals surface area contributed by atoms with Crippen LogP contribution in [0.3, 0.4) is 0 Å². The Morgan fingerprint density at radius 2 is 1.67 bits per heavy atom. The first kappa shape index (κ1) is 36.6. The molecule has 8 nitrogen and oxygen atoms in total. The summed E-state index contributed by atoms with van der Waals surface area (Å²) in [7, 11) is 0. The van der Waals surface area contributed by atoms with E-state index in [2.05, 4.69) is 10.3 Å². The number of halogens is 5. The van der Waals surface area contributed by atoms with E-state index in [9.17, 15) is 32.3 Å². The molecule has 3 aromatic rings. The first-order chi connectivity index (χ1) is 21.5. The molecule has 2 atom stereocenters. The lowest BCUT2D eigenvalue weighted by molar-refractivity contribution is -0.265. The maximum atomic E-state index is 14.6. The quantitative estimate of drug-likeness (QED) is 0.169. The van der Waals surface area contributed by atoms with Crippen LogP contribution in [0.15, 0.2) is 60.7 Å². The van der Waals surface area contributed by atoms with Gasteiger partial charge in [0.25, 0.3) is 0 Å². The van der Waals surface area contributed by atoms with E-state index in [1.165, 1.54) is 12.1 Å². The lowest BCUT2D eigenvalue weighted by Gasteiger charge is -2.32. The van der Waals surface area contributed by atoms with Crippen molar-refractivity contribution in [2.24, 2.45) is 0 Å². The van der Waals surface area contributed by atoms with E-state index in [0.29, 0.717) is 24.8 Å². The van der Waals surface area contributed by atoms with Gasteiger partial charge in [-0.25, -0.2) is 19.0 Å². The molecule has 1 aromatic heterocycles. The molecule has 2 unspecified atom stereocenters. The molecule has 2 amide bonds. The summed E-state index contributed by atoms with van der Waals surface area (Å²) in [6.45, 7) is 5.43. The fraction of sp³-hybridized carbons (Fsp3) is 0.424. The highest BCUT2D eigenvalue weighted by Gasteiger charge is 2.56. The van der Waals surface area contributed by atoms with Crippen molar-refractivity contribution >= 4 is 23.8 Å². The third-order valence-electron chi connectivity index (χ3n) is 6.93. The molecule has 2 aromatic carbocycles. The number of hydrogen-bond donors (Lipinski definition) is 3. The molecule has 3 N–H and O–H groups in total. The standard InChI is InChI=1S/C33H38ClF4N3O5/c1-5-9-22(14-15-39-29(42)45-19-21-10-7-6-8-11-21)24-17-27(23-12-13-26(35)25(34)16-23)41-28(18-24)32(44,33(36,37)38)20-40-30(43)46-31(2,3)4/h6-8,10-13,16-18,22,44H,5,9,14-15,19-20H2,1-4H3,(H,39,42)(H,40,43). The summed E-state index contributed by atoms with van der Waals surface area (Å²) in [6.07, 6.45) is -5.64. The summed E-state index contributed by atoms with van der Waals surface area (Å²) >= 11 is 5.97. The Hall–Kier alpha value is -3.90. The molecule has 0 fully saturated rings. The number of hydrogen-bond acceptors (Lipinski definition) is 6. The van der Waals surface area contributed by atoms with Crippen LogP contribution in [0.1, 0.15) is 69.7 Å². The molecule has 0 bridgehead atoms. The van der Waals surface area contributed by atoms with Crippen LogP contribution in [0.4, 0.5) is 27.2 Å². The van der Waals surface area contributed by atoms with Crippen LogP contribution >= 0.6 is 11.6 Å². The number of pyridine rings is 1. The maximum Gasteiger partial charge on any atom is 0.424 e. The van der Waals surface area contributed by atoms with Crippen molar-refractivity contribution in [2.45, 2.75) is 76.9 Å². The molecular formula is C33H38ClF4N3O5. The summed E-state index contributed by atoms with van der Waals surface area (Å²) in [5.74, 6) is -1.13. The van der Waals surface area contributed by atoms with E-state index < -0.39 is 53.5 Å². The number of aliphatic hydroxyl groups is 1. The molecule has 0 radical (unpaired) electrons. The van der Waals surface area contributed by atoms with Crippen LogP contribution in [0.25, 0.3) is 11.3 Å². The van der Waals surface area contributed by atoms with Gasteiger partial charge in [-0.05, 0) is 81.0 Å². The predicted molar refractivity (Wildman–Crippen MR) is 166 cm³/mol. The minimum atomic E-state index is -5.28. The number of alkyl carbamates (subject to hydrolysis) is 2. The van der Waals surface area contributed by atoms with Gasteiger partial charge in [0.05, 0.1) is 23.0 Å². The van der Waals surface area contributed by atoms with Gasteiger partial charge in [-0.3, -0.25) is 0 Å². The van der Waals surface area contributed by atoms with Crippen molar-refractivity contribution in [1.29, 1.82) is 0 Å². The summed E-state index contributed by atoms with van der Waals surface area (Å²) in [5.41, 5.74) is -4.04. The average Bonchev–Trinajstić information content (AvgIpc) is 2.98. The Bertz CT molecular complexity index is 1480. The minimum absolute atomic E-state index is 0.00863. The van der Waals surface area contributed by atoms with Gasteiger partial charge >= 0.3 is 18.4 Å². The second-order valence-corrected chi connectivity index (χ2v) is 12.2. The topological polar surface area (TPSA) is 110 Å². The van der Waals surface area contributed by atoms with Gasteiger partial charge in [-0.1, -0.05) is 55.3 Å².